The summed E-state index contributed by atoms with van der Waals surface area (Å²) < 4.78 is 0.883. The second-order valence-electron chi connectivity index (χ2n) is 3.10. The molecule has 2 heterocycles. The van der Waals surface area contributed by atoms with Gasteiger partial charge in [-0.05, 0) is 34.3 Å². The van der Waals surface area contributed by atoms with E-state index >= 15 is 0 Å². The standard InChI is InChI=1S/C10H10BrN3S/c1-7(9-3-2-4-15-9)14-10-8(11)5-12-6-13-10/h2-7H,1H3,(H,12,13,14). The quantitative estimate of drug-likeness (QED) is 0.937. The maximum atomic E-state index is 4.16. The van der Waals surface area contributed by atoms with E-state index in [2.05, 4.69) is 49.6 Å². The van der Waals surface area contributed by atoms with Crippen molar-refractivity contribution in [1.29, 1.82) is 0 Å². The minimum Gasteiger partial charge on any atom is -0.362 e. The fourth-order valence-corrected chi connectivity index (χ4v) is 2.30. The summed E-state index contributed by atoms with van der Waals surface area (Å²) in [6.45, 7) is 2.11. The van der Waals surface area contributed by atoms with E-state index in [0.717, 1.165) is 10.3 Å². The van der Waals surface area contributed by atoms with Crippen LogP contribution in [0.15, 0.2) is 34.5 Å². The molecule has 3 nitrogen and oxygen atoms in total. The molecule has 2 aromatic heterocycles. The first-order chi connectivity index (χ1) is 7.27. The molecular formula is C10H10BrN3S. The maximum Gasteiger partial charge on any atom is 0.144 e. The summed E-state index contributed by atoms with van der Waals surface area (Å²) in [6.07, 6.45) is 3.27. The van der Waals surface area contributed by atoms with Crippen molar-refractivity contribution >= 4 is 33.1 Å². The van der Waals surface area contributed by atoms with Crippen molar-refractivity contribution in [2.45, 2.75) is 13.0 Å². The maximum absolute atomic E-state index is 4.16. The number of halogens is 1. The highest BCUT2D eigenvalue weighted by atomic mass is 79.9. The fourth-order valence-electron chi connectivity index (χ4n) is 1.23. The molecule has 0 aliphatic heterocycles. The molecular weight excluding hydrogens is 274 g/mol. The molecule has 1 unspecified atom stereocenters. The van der Waals surface area contributed by atoms with E-state index in [9.17, 15) is 0 Å². The Hall–Kier alpha value is -0.940. The van der Waals surface area contributed by atoms with Gasteiger partial charge in [0.25, 0.3) is 0 Å². The normalized spacial score (nSPS) is 12.4. The van der Waals surface area contributed by atoms with Gasteiger partial charge in [0.05, 0.1) is 10.5 Å². The van der Waals surface area contributed by atoms with Crippen LogP contribution in [-0.4, -0.2) is 9.97 Å². The molecule has 2 rings (SSSR count). The van der Waals surface area contributed by atoms with Gasteiger partial charge >= 0.3 is 0 Å². The molecule has 0 bridgehead atoms. The Balaban J connectivity index is 2.13. The summed E-state index contributed by atoms with van der Waals surface area (Å²) in [5.41, 5.74) is 0. The summed E-state index contributed by atoms with van der Waals surface area (Å²) in [6, 6.07) is 4.42. The number of nitrogens with zero attached hydrogens (tertiary/aromatic N) is 2. The van der Waals surface area contributed by atoms with E-state index in [1.165, 1.54) is 11.2 Å². The van der Waals surface area contributed by atoms with Crippen LogP contribution in [-0.2, 0) is 0 Å². The highest BCUT2D eigenvalue weighted by Gasteiger charge is 2.08. The molecule has 0 saturated carbocycles. The molecule has 5 heteroatoms. The summed E-state index contributed by atoms with van der Waals surface area (Å²) in [7, 11) is 0. The zero-order chi connectivity index (χ0) is 10.7. The lowest BCUT2D eigenvalue weighted by Gasteiger charge is -2.13. The molecule has 2 aromatic rings. The number of rotatable bonds is 3. The van der Waals surface area contributed by atoms with Crippen LogP contribution in [0, 0.1) is 0 Å². The molecule has 15 heavy (non-hydrogen) atoms. The molecule has 0 radical (unpaired) electrons. The second kappa shape index (κ2) is 4.72. The molecule has 0 saturated heterocycles. The third kappa shape index (κ3) is 2.54. The van der Waals surface area contributed by atoms with E-state index in [4.69, 9.17) is 0 Å². The average molecular weight is 284 g/mol. The van der Waals surface area contributed by atoms with Crippen molar-refractivity contribution < 1.29 is 0 Å². The molecule has 78 valence electrons. The van der Waals surface area contributed by atoms with Gasteiger partial charge in [0.1, 0.15) is 12.1 Å². The van der Waals surface area contributed by atoms with Gasteiger partial charge in [-0.3, -0.25) is 0 Å². The lowest BCUT2D eigenvalue weighted by molar-refractivity contribution is 0.890. The second-order valence-corrected chi connectivity index (χ2v) is 4.93. The Morgan fingerprint density at radius 1 is 1.53 bits per heavy atom. The van der Waals surface area contributed by atoms with Crippen molar-refractivity contribution in [3.05, 3.63) is 39.4 Å². The van der Waals surface area contributed by atoms with Crippen molar-refractivity contribution in [2.24, 2.45) is 0 Å². The predicted molar refractivity (Wildman–Crippen MR) is 66.1 cm³/mol. The molecule has 0 amide bonds. The molecule has 0 aromatic carbocycles. The van der Waals surface area contributed by atoms with Gasteiger partial charge in [0.15, 0.2) is 0 Å². The third-order valence-electron chi connectivity index (χ3n) is 1.99. The van der Waals surface area contributed by atoms with Crippen LogP contribution < -0.4 is 5.32 Å². The van der Waals surface area contributed by atoms with Crippen molar-refractivity contribution in [2.75, 3.05) is 5.32 Å². The van der Waals surface area contributed by atoms with E-state index < -0.39 is 0 Å². The van der Waals surface area contributed by atoms with Crippen LogP contribution in [0.2, 0.25) is 0 Å². The minimum atomic E-state index is 0.260. The van der Waals surface area contributed by atoms with Crippen LogP contribution in [0.4, 0.5) is 5.82 Å². The number of thiophene rings is 1. The Morgan fingerprint density at radius 3 is 3.07 bits per heavy atom. The van der Waals surface area contributed by atoms with Crippen molar-refractivity contribution in [3.63, 3.8) is 0 Å². The zero-order valence-electron chi connectivity index (χ0n) is 8.14. The van der Waals surface area contributed by atoms with Crippen molar-refractivity contribution in [3.8, 4) is 0 Å². The summed E-state index contributed by atoms with van der Waals surface area (Å²) in [5, 5.41) is 5.40. The van der Waals surface area contributed by atoms with Gasteiger partial charge in [0, 0.05) is 11.1 Å². The smallest absolute Gasteiger partial charge is 0.144 e. The molecule has 0 aliphatic rings. The molecule has 0 spiro atoms. The predicted octanol–water partition coefficient (Wildman–Crippen LogP) is 3.47. The highest BCUT2D eigenvalue weighted by Crippen LogP contribution is 2.25. The Bertz CT molecular complexity index is 430. The fraction of sp³-hybridized carbons (Fsp3) is 0.200. The molecule has 0 aliphatic carbocycles. The van der Waals surface area contributed by atoms with Crippen LogP contribution >= 0.6 is 27.3 Å². The van der Waals surface area contributed by atoms with Gasteiger partial charge in [-0.25, -0.2) is 9.97 Å². The van der Waals surface area contributed by atoms with Gasteiger partial charge in [-0.1, -0.05) is 6.07 Å². The largest absolute Gasteiger partial charge is 0.362 e. The topological polar surface area (TPSA) is 37.8 Å². The summed E-state index contributed by atoms with van der Waals surface area (Å²) in [5.74, 6) is 0.825. The van der Waals surface area contributed by atoms with Gasteiger partial charge < -0.3 is 5.32 Å². The third-order valence-corrected chi connectivity index (χ3v) is 3.63. The highest BCUT2D eigenvalue weighted by molar-refractivity contribution is 9.10. The van der Waals surface area contributed by atoms with E-state index in [1.807, 2.05) is 6.07 Å². The lowest BCUT2D eigenvalue weighted by atomic mass is 10.3. The zero-order valence-corrected chi connectivity index (χ0v) is 10.5. The summed E-state index contributed by atoms with van der Waals surface area (Å²) in [4.78, 5) is 9.38. The van der Waals surface area contributed by atoms with E-state index in [1.54, 1.807) is 17.5 Å². The van der Waals surface area contributed by atoms with Gasteiger partial charge in [-0.15, -0.1) is 11.3 Å². The van der Waals surface area contributed by atoms with Crippen LogP contribution in [0.3, 0.4) is 0 Å². The number of hydrogen-bond donors (Lipinski definition) is 1. The van der Waals surface area contributed by atoms with Crippen molar-refractivity contribution in [1.82, 2.24) is 9.97 Å². The van der Waals surface area contributed by atoms with Gasteiger partial charge in [-0.2, -0.15) is 0 Å². The first-order valence-electron chi connectivity index (χ1n) is 4.53. The van der Waals surface area contributed by atoms with Crippen LogP contribution in [0.1, 0.15) is 17.8 Å². The number of anilines is 1. The summed E-state index contributed by atoms with van der Waals surface area (Å²) >= 11 is 5.14. The van der Waals surface area contributed by atoms with E-state index in [-0.39, 0.29) is 6.04 Å². The molecule has 1 atom stereocenters. The van der Waals surface area contributed by atoms with E-state index in [0.29, 0.717) is 0 Å². The number of aromatic nitrogens is 2. The Labute approximate surface area is 101 Å². The molecule has 0 fully saturated rings. The first kappa shape index (κ1) is 10.6. The minimum absolute atomic E-state index is 0.260. The van der Waals surface area contributed by atoms with Crippen LogP contribution in [0.5, 0.6) is 0 Å². The lowest BCUT2D eigenvalue weighted by Crippen LogP contribution is -2.06. The Kier molecular flexibility index (Phi) is 3.33. The number of hydrogen-bond acceptors (Lipinski definition) is 4. The number of nitrogens with one attached hydrogen (secondary N) is 1. The molecule has 1 N–H and O–H groups in total. The van der Waals surface area contributed by atoms with Gasteiger partial charge in [0.2, 0.25) is 0 Å². The first-order valence-corrected chi connectivity index (χ1v) is 6.20. The average Bonchev–Trinajstić information content (AvgIpc) is 2.74. The van der Waals surface area contributed by atoms with Crippen LogP contribution in [0.25, 0.3) is 0 Å². The monoisotopic (exact) mass is 283 g/mol. The Morgan fingerprint density at radius 2 is 2.40 bits per heavy atom. The SMILES string of the molecule is CC(Nc1ncncc1Br)c1cccs1.